The Bertz CT molecular complexity index is 569. The fourth-order valence-electron chi connectivity index (χ4n) is 2.45. The zero-order valence-corrected chi connectivity index (χ0v) is 11.7. The van der Waals surface area contributed by atoms with Gasteiger partial charge in [-0.15, -0.1) is 0 Å². The molecule has 1 N–H and O–H groups in total. The largest absolute Gasteiger partial charge is 0.465 e. The summed E-state index contributed by atoms with van der Waals surface area (Å²) in [5.41, 5.74) is 1.31. The molecular weight excluding hydrogens is 274 g/mol. The third-order valence-corrected chi connectivity index (χ3v) is 3.52. The highest BCUT2D eigenvalue weighted by molar-refractivity contribution is 5.92. The minimum absolute atomic E-state index is 0.0672. The average molecular weight is 291 g/mol. The Morgan fingerprint density at radius 2 is 2.19 bits per heavy atom. The molecule has 1 saturated heterocycles. The van der Waals surface area contributed by atoms with Crippen molar-refractivity contribution in [3.63, 3.8) is 0 Å². The number of hydrogen-bond acceptors (Lipinski definition) is 4. The Hall–Kier alpha value is -2.37. The molecule has 1 atom stereocenters. The SMILES string of the molecule is CCOC(=O)c1cccc([C@H]2CCN(C(=O)O)C(=O)C2)c1. The predicted octanol–water partition coefficient (Wildman–Crippen LogP) is 2.25. The number of ether oxygens (including phenoxy) is 1. The van der Waals surface area contributed by atoms with E-state index < -0.39 is 18.0 Å². The second kappa shape index (κ2) is 6.39. The van der Waals surface area contributed by atoms with Crippen molar-refractivity contribution in [3.05, 3.63) is 35.4 Å². The first-order valence-electron chi connectivity index (χ1n) is 6.83. The van der Waals surface area contributed by atoms with E-state index in [4.69, 9.17) is 9.84 Å². The number of carbonyl (C=O) groups is 3. The van der Waals surface area contributed by atoms with Crippen LogP contribution in [0.15, 0.2) is 24.3 Å². The fourth-order valence-corrected chi connectivity index (χ4v) is 2.45. The minimum atomic E-state index is -1.21. The van der Waals surface area contributed by atoms with Gasteiger partial charge in [0.1, 0.15) is 0 Å². The van der Waals surface area contributed by atoms with Gasteiger partial charge in [0.2, 0.25) is 5.91 Å². The first kappa shape index (κ1) is 15.0. The molecule has 2 amide bonds. The highest BCUT2D eigenvalue weighted by atomic mass is 16.5. The normalized spacial score (nSPS) is 18.4. The Morgan fingerprint density at radius 3 is 2.81 bits per heavy atom. The Balaban J connectivity index is 2.13. The van der Waals surface area contributed by atoms with Crippen molar-refractivity contribution in [2.45, 2.75) is 25.7 Å². The van der Waals surface area contributed by atoms with Crippen molar-refractivity contribution in [2.75, 3.05) is 13.2 Å². The number of carbonyl (C=O) groups excluding carboxylic acids is 2. The molecule has 1 aliphatic rings. The van der Waals surface area contributed by atoms with Gasteiger partial charge in [0.25, 0.3) is 0 Å². The van der Waals surface area contributed by atoms with E-state index in [-0.39, 0.29) is 18.9 Å². The summed E-state index contributed by atoms with van der Waals surface area (Å²) in [6, 6.07) is 6.97. The molecule has 1 heterocycles. The number of imide groups is 1. The number of nitrogens with zero attached hydrogens (tertiary/aromatic N) is 1. The zero-order valence-electron chi connectivity index (χ0n) is 11.7. The molecule has 0 saturated carbocycles. The maximum atomic E-state index is 11.8. The van der Waals surface area contributed by atoms with Crippen LogP contribution in [-0.2, 0) is 9.53 Å². The highest BCUT2D eigenvalue weighted by Crippen LogP contribution is 2.29. The molecule has 0 aromatic heterocycles. The lowest BCUT2D eigenvalue weighted by molar-refractivity contribution is -0.131. The van der Waals surface area contributed by atoms with Crippen LogP contribution < -0.4 is 0 Å². The highest BCUT2D eigenvalue weighted by Gasteiger charge is 2.30. The number of amides is 2. The van der Waals surface area contributed by atoms with Crippen LogP contribution >= 0.6 is 0 Å². The van der Waals surface area contributed by atoms with E-state index in [0.29, 0.717) is 18.6 Å². The molecule has 1 aliphatic heterocycles. The minimum Gasteiger partial charge on any atom is -0.465 e. The molecule has 6 nitrogen and oxygen atoms in total. The summed E-state index contributed by atoms with van der Waals surface area (Å²) < 4.78 is 4.95. The molecule has 6 heteroatoms. The van der Waals surface area contributed by atoms with Gasteiger partial charge in [0, 0.05) is 13.0 Å². The maximum Gasteiger partial charge on any atom is 0.414 e. The zero-order chi connectivity index (χ0) is 15.4. The van der Waals surface area contributed by atoms with Crippen molar-refractivity contribution in [3.8, 4) is 0 Å². The van der Waals surface area contributed by atoms with Gasteiger partial charge in [-0.2, -0.15) is 0 Å². The summed E-state index contributed by atoms with van der Waals surface area (Å²) in [5.74, 6) is -0.864. The van der Waals surface area contributed by atoms with E-state index in [2.05, 4.69) is 0 Å². The number of rotatable bonds is 3. The third-order valence-electron chi connectivity index (χ3n) is 3.52. The summed E-state index contributed by atoms with van der Waals surface area (Å²) >= 11 is 0. The van der Waals surface area contributed by atoms with Gasteiger partial charge in [-0.05, 0) is 37.0 Å². The van der Waals surface area contributed by atoms with Gasteiger partial charge in [-0.3, -0.25) is 4.79 Å². The first-order valence-corrected chi connectivity index (χ1v) is 6.83. The van der Waals surface area contributed by atoms with Crippen LogP contribution in [0.5, 0.6) is 0 Å². The van der Waals surface area contributed by atoms with E-state index in [1.807, 2.05) is 6.07 Å². The average Bonchev–Trinajstić information content (AvgIpc) is 2.47. The maximum absolute atomic E-state index is 11.8. The summed E-state index contributed by atoms with van der Waals surface area (Å²) in [6.45, 7) is 2.23. The van der Waals surface area contributed by atoms with Crippen molar-refractivity contribution < 1.29 is 24.2 Å². The van der Waals surface area contributed by atoms with Crippen molar-refractivity contribution >= 4 is 18.0 Å². The molecular formula is C15H17NO5. The number of likely N-dealkylation sites (tertiary alicyclic amines) is 1. The molecule has 112 valence electrons. The van der Waals surface area contributed by atoms with Crippen LogP contribution in [0.25, 0.3) is 0 Å². The molecule has 0 bridgehead atoms. The molecule has 1 fully saturated rings. The van der Waals surface area contributed by atoms with E-state index >= 15 is 0 Å². The number of benzene rings is 1. The van der Waals surface area contributed by atoms with Crippen molar-refractivity contribution in [1.29, 1.82) is 0 Å². The third kappa shape index (κ3) is 3.39. The lowest BCUT2D eigenvalue weighted by atomic mass is 9.88. The Morgan fingerprint density at radius 1 is 1.43 bits per heavy atom. The van der Waals surface area contributed by atoms with Gasteiger partial charge < -0.3 is 9.84 Å². The first-order chi connectivity index (χ1) is 10.0. The Labute approximate surface area is 122 Å². The fraction of sp³-hybridized carbons (Fsp3) is 0.400. The molecule has 1 aromatic carbocycles. The van der Waals surface area contributed by atoms with Crippen LogP contribution in [0.2, 0.25) is 0 Å². The summed E-state index contributed by atoms with van der Waals surface area (Å²) in [6.07, 6.45) is -0.512. The number of carboxylic acid groups (broad SMARTS) is 1. The van der Waals surface area contributed by atoms with Gasteiger partial charge in [-0.25, -0.2) is 14.5 Å². The lowest BCUT2D eigenvalue weighted by Crippen LogP contribution is -2.41. The molecule has 21 heavy (non-hydrogen) atoms. The van der Waals surface area contributed by atoms with Crippen LogP contribution in [0, 0.1) is 0 Å². The van der Waals surface area contributed by atoms with Crippen LogP contribution in [0.4, 0.5) is 4.79 Å². The van der Waals surface area contributed by atoms with E-state index in [9.17, 15) is 14.4 Å². The van der Waals surface area contributed by atoms with E-state index in [1.165, 1.54) is 0 Å². The number of esters is 1. The summed E-state index contributed by atoms with van der Waals surface area (Å²) in [4.78, 5) is 35.2. The summed E-state index contributed by atoms with van der Waals surface area (Å²) in [5, 5.41) is 8.89. The smallest absolute Gasteiger partial charge is 0.414 e. The monoisotopic (exact) mass is 291 g/mol. The second-order valence-electron chi connectivity index (χ2n) is 4.86. The topological polar surface area (TPSA) is 83.9 Å². The van der Waals surface area contributed by atoms with Crippen molar-refractivity contribution in [1.82, 2.24) is 4.90 Å². The van der Waals surface area contributed by atoms with Crippen LogP contribution in [-0.4, -0.2) is 41.1 Å². The molecule has 1 aromatic rings. The molecule has 0 spiro atoms. The lowest BCUT2D eigenvalue weighted by Gasteiger charge is -2.28. The van der Waals surface area contributed by atoms with E-state index in [1.54, 1.807) is 25.1 Å². The van der Waals surface area contributed by atoms with Gasteiger partial charge in [0.05, 0.1) is 12.2 Å². The van der Waals surface area contributed by atoms with Crippen LogP contribution in [0.3, 0.4) is 0 Å². The van der Waals surface area contributed by atoms with Gasteiger partial charge in [-0.1, -0.05) is 12.1 Å². The van der Waals surface area contributed by atoms with Gasteiger partial charge in [0.15, 0.2) is 0 Å². The molecule has 0 radical (unpaired) electrons. The molecule has 0 unspecified atom stereocenters. The second-order valence-corrected chi connectivity index (χ2v) is 4.86. The standard InChI is InChI=1S/C15H17NO5/c1-2-21-14(18)12-5-3-4-10(8-12)11-6-7-16(15(19)20)13(17)9-11/h3-5,8,11H,2,6-7,9H2,1H3,(H,19,20)/t11-/m0/s1. The van der Waals surface area contributed by atoms with Crippen molar-refractivity contribution in [2.24, 2.45) is 0 Å². The predicted molar refractivity (Wildman–Crippen MR) is 74.1 cm³/mol. The summed E-state index contributed by atoms with van der Waals surface area (Å²) in [7, 11) is 0. The van der Waals surface area contributed by atoms with E-state index in [0.717, 1.165) is 10.5 Å². The molecule has 2 rings (SSSR count). The van der Waals surface area contributed by atoms with Crippen LogP contribution in [0.1, 0.15) is 41.6 Å². The molecule has 0 aliphatic carbocycles. The quantitative estimate of drug-likeness (QED) is 0.863. The number of hydrogen-bond donors (Lipinski definition) is 1. The van der Waals surface area contributed by atoms with Gasteiger partial charge >= 0.3 is 12.1 Å². The number of piperidine rings is 1. The Kier molecular flexibility index (Phi) is 4.57.